The van der Waals surface area contributed by atoms with E-state index in [1.165, 1.54) is 17.3 Å². The molecular formula is C15H20FN3. The smallest absolute Gasteiger partial charge is 0.123 e. The van der Waals surface area contributed by atoms with Gasteiger partial charge in [0.2, 0.25) is 0 Å². The molecule has 1 aromatic heterocycles. The molecule has 1 N–H and O–H groups in total. The molecule has 0 radical (unpaired) electrons. The maximum Gasteiger partial charge on any atom is 0.123 e. The first-order valence-electron chi connectivity index (χ1n) is 6.62. The second-order valence-electron chi connectivity index (χ2n) is 4.73. The summed E-state index contributed by atoms with van der Waals surface area (Å²) in [5, 5.41) is 7.74. The summed E-state index contributed by atoms with van der Waals surface area (Å²) >= 11 is 0. The van der Waals surface area contributed by atoms with Crippen molar-refractivity contribution in [1.82, 2.24) is 15.1 Å². The van der Waals surface area contributed by atoms with Gasteiger partial charge in [-0.25, -0.2) is 4.39 Å². The Morgan fingerprint density at radius 3 is 2.84 bits per heavy atom. The highest BCUT2D eigenvalue weighted by atomic mass is 19.1. The zero-order chi connectivity index (χ0) is 13.8. The van der Waals surface area contributed by atoms with E-state index in [4.69, 9.17) is 0 Å². The van der Waals surface area contributed by atoms with Crippen LogP contribution in [0.1, 0.15) is 36.7 Å². The Balaban J connectivity index is 2.01. The van der Waals surface area contributed by atoms with Crippen molar-refractivity contribution in [2.75, 3.05) is 0 Å². The van der Waals surface area contributed by atoms with Crippen LogP contribution >= 0.6 is 0 Å². The molecule has 0 fully saturated rings. The minimum absolute atomic E-state index is 0.193. The number of aromatic nitrogens is 2. The zero-order valence-corrected chi connectivity index (χ0v) is 11.7. The summed E-state index contributed by atoms with van der Waals surface area (Å²) in [5.41, 5.74) is 3.33. The van der Waals surface area contributed by atoms with Crippen LogP contribution in [0.4, 0.5) is 4.39 Å². The number of rotatable bonds is 5. The summed E-state index contributed by atoms with van der Waals surface area (Å²) in [5.74, 6) is -0.193. The first-order valence-corrected chi connectivity index (χ1v) is 6.62. The number of nitrogens with zero attached hydrogens (tertiary/aromatic N) is 2. The molecule has 0 aliphatic carbocycles. The number of halogens is 1. The molecule has 0 bridgehead atoms. The number of benzene rings is 1. The third kappa shape index (κ3) is 3.20. The monoisotopic (exact) mass is 261 g/mol. The highest BCUT2D eigenvalue weighted by Gasteiger charge is 2.12. The van der Waals surface area contributed by atoms with E-state index in [1.54, 1.807) is 12.1 Å². The van der Waals surface area contributed by atoms with Crippen LogP contribution in [-0.4, -0.2) is 9.78 Å². The van der Waals surface area contributed by atoms with E-state index < -0.39 is 0 Å². The molecule has 0 amide bonds. The lowest BCUT2D eigenvalue weighted by molar-refractivity contribution is 0.563. The molecule has 0 aliphatic rings. The fraction of sp³-hybridized carbons (Fsp3) is 0.400. The fourth-order valence-corrected chi connectivity index (χ4v) is 2.23. The van der Waals surface area contributed by atoms with Crippen LogP contribution < -0.4 is 5.32 Å². The topological polar surface area (TPSA) is 29.9 Å². The van der Waals surface area contributed by atoms with Crippen molar-refractivity contribution < 1.29 is 4.39 Å². The number of nitrogens with one attached hydrogen (secondary N) is 1. The van der Waals surface area contributed by atoms with Gasteiger partial charge in [0.15, 0.2) is 0 Å². The lowest BCUT2D eigenvalue weighted by atomic mass is 10.1. The maximum absolute atomic E-state index is 13.1. The van der Waals surface area contributed by atoms with Gasteiger partial charge < -0.3 is 5.32 Å². The molecule has 1 aromatic carbocycles. The van der Waals surface area contributed by atoms with Crippen molar-refractivity contribution in [1.29, 1.82) is 0 Å². The molecule has 19 heavy (non-hydrogen) atoms. The molecular weight excluding hydrogens is 241 g/mol. The SMILES string of the molecule is CCn1ncc(C(C)NCc2cccc(F)c2)c1C. The Morgan fingerprint density at radius 2 is 2.21 bits per heavy atom. The van der Waals surface area contributed by atoms with E-state index in [0.29, 0.717) is 6.54 Å². The largest absolute Gasteiger partial charge is 0.306 e. The van der Waals surface area contributed by atoms with Gasteiger partial charge in [-0.1, -0.05) is 12.1 Å². The van der Waals surface area contributed by atoms with E-state index in [1.807, 2.05) is 16.9 Å². The van der Waals surface area contributed by atoms with Crippen LogP contribution in [0.15, 0.2) is 30.5 Å². The molecule has 3 nitrogen and oxygen atoms in total. The van der Waals surface area contributed by atoms with E-state index in [0.717, 1.165) is 12.1 Å². The molecule has 0 saturated carbocycles. The van der Waals surface area contributed by atoms with Crippen LogP contribution in [-0.2, 0) is 13.1 Å². The predicted octanol–water partition coefficient (Wildman–Crippen LogP) is 3.20. The first-order chi connectivity index (χ1) is 9.11. The van der Waals surface area contributed by atoms with E-state index in [2.05, 4.69) is 31.2 Å². The summed E-state index contributed by atoms with van der Waals surface area (Å²) in [6.45, 7) is 7.78. The fourth-order valence-electron chi connectivity index (χ4n) is 2.23. The van der Waals surface area contributed by atoms with Crippen molar-refractivity contribution in [2.45, 2.75) is 39.9 Å². The Bertz CT molecular complexity index is 548. The van der Waals surface area contributed by atoms with Crippen molar-refractivity contribution in [3.8, 4) is 0 Å². The molecule has 2 aromatic rings. The lowest BCUT2D eigenvalue weighted by Gasteiger charge is -2.14. The molecule has 2 rings (SSSR count). The standard InChI is InChI=1S/C15H20FN3/c1-4-19-12(3)15(10-18-19)11(2)17-9-13-6-5-7-14(16)8-13/h5-8,10-11,17H,4,9H2,1-3H3. The zero-order valence-electron chi connectivity index (χ0n) is 11.7. The third-order valence-electron chi connectivity index (χ3n) is 3.41. The van der Waals surface area contributed by atoms with Gasteiger partial charge in [-0.3, -0.25) is 4.68 Å². The summed E-state index contributed by atoms with van der Waals surface area (Å²) in [6.07, 6.45) is 1.90. The quantitative estimate of drug-likeness (QED) is 0.895. The molecule has 1 atom stereocenters. The molecule has 102 valence electrons. The minimum Gasteiger partial charge on any atom is -0.306 e. The van der Waals surface area contributed by atoms with Crippen molar-refractivity contribution in [3.63, 3.8) is 0 Å². The third-order valence-corrected chi connectivity index (χ3v) is 3.41. The summed E-state index contributed by atoms with van der Waals surface area (Å²) in [4.78, 5) is 0. The minimum atomic E-state index is -0.193. The van der Waals surface area contributed by atoms with E-state index in [-0.39, 0.29) is 11.9 Å². The van der Waals surface area contributed by atoms with E-state index in [9.17, 15) is 4.39 Å². The summed E-state index contributed by atoms with van der Waals surface area (Å²) in [6, 6.07) is 6.87. The van der Waals surface area contributed by atoms with Crippen molar-refractivity contribution in [3.05, 3.63) is 53.1 Å². The molecule has 0 saturated heterocycles. The van der Waals surface area contributed by atoms with Gasteiger partial charge in [-0.05, 0) is 38.5 Å². The maximum atomic E-state index is 13.1. The van der Waals surface area contributed by atoms with Crippen LogP contribution in [0.3, 0.4) is 0 Å². The highest BCUT2D eigenvalue weighted by Crippen LogP contribution is 2.17. The summed E-state index contributed by atoms with van der Waals surface area (Å²) in [7, 11) is 0. The second-order valence-corrected chi connectivity index (χ2v) is 4.73. The molecule has 1 unspecified atom stereocenters. The molecule has 1 heterocycles. The van der Waals surface area contributed by atoms with Gasteiger partial charge in [0, 0.05) is 30.4 Å². The Hall–Kier alpha value is -1.68. The Kier molecular flexibility index (Phi) is 4.32. The number of aryl methyl sites for hydroxylation is 1. The summed E-state index contributed by atoms with van der Waals surface area (Å²) < 4.78 is 15.1. The predicted molar refractivity (Wildman–Crippen MR) is 74.3 cm³/mol. The van der Waals surface area contributed by atoms with Crippen LogP contribution in [0.5, 0.6) is 0 Å². The van der Waals surface area contributed by atoms with Crippen LogP contribution in [0.2, 0.25) is 0 Å². The average molecular weight is 261 g/mol. The van der Waals surface area contributed by atoms with Gasteiger partial charge in [-0.2, -0.15) is 5.10 Å². The number of hydrogen-bond acceptors (Lipinski definition) is 2. The van der Waals surface area contributed by atoms with Gasteiger partial charge in [0.1, 0.15) is 5.82 Å². The van der Waals surface area contributed by atoms with Crippen LogP contribution in [0.25, 0.3) is 0 Å². The lowest BCUT2D eigenvalue weighted by Crippen LogP contribution is -2.18. The van der Waals surface area contributed by atoms with Gasteiger partial charge >= 0.3 is 0 Å². The molecule has 0 spiro atoms. The van der Waals surface area contributed by atoms with E-state index >= 15 is 0 Å². The van der Waals surface area contributed by atoms with Crippen molar-refractivity contribution >= 4 is 0 Å². The number of hydrogen-bond donors (Lipinski definition) is 1. The van der Waals surface area contributed by atoms with Gasteiger partial charge in [0.05, 0.1) is 6.20 Å². The first kappa shape index (κ1) is 13.7. The van der Waals surface area contributed by atoms with Gasteiger partial charge in [-0.15, -0.1) is 0 Å². The van der Waals surface area contributed by atoms with Crippen molar-refractivity contribution in [2.24, 2.45) is 0 Å². The highest BCUT2D eigenvalue weighted by molar-refractivity contribution is 5.21. The van der Waals surface area contributed by atoms with Crippen LogP contribution in [0, 0.1) is 12.7 Å². The Morgan fingerprint density at radius 1 is 1.42 bits per heavy atom. The molecule has 0 aliphatic heterocycles. The second kappa shape index (κ2) is 5.97. The molecule has 4 heteroatoms. The average Bonchev–Trinajstić information content (AvgIpc) is 2.77. The van der Waals surface area contributed by atoms with Gasteiger partial charge in [0.25, 0.3) is 0 Å². The normalized spacial score (nSPS) is 12.6. The Labute approximate surface area is 113 Å².